The second-order valence-electron chi connectivity index (χ2n) is 6.99. The first-order valence-corrected chi connectivity index (χ1v) is 8.46. The molecule has 0 fully saturated rings. The van der Waals surface area contributed by atoms with Gasteiger partial charge in [0.15, 0.2) is 0 Å². The zero-order valence-electron chi connectivity index (χ0n) is 15.5. The Hall–Kier alpha value is -2.88. The molecule has 0 amide bonds. The molecule has 2 aromatic rings. The molecule has 0 spiro atoms. The zero-order valence-corrected chi connectivity index (χ0v) is 15.5. The summed E-state index contributed by atoms with van der Waals surface area (Å²) in [5.41, 5.74) is 2.96. The molecule has 0 bridgehead atoms. The normalized spacial score (nSPS) is 10.9. The van der Waals surface area contributed by atoms with Crippen LogP contribution < -0.4 is 0 Å². The maximum atomic E-state index is 12.2. The molecule has 0 unspecified atom stereocenters. The number of hydrogen-bond donors (Lipinski definition) is 0. The van der Waals surface area contributed by atoms with Crippen LogP contribution in [0.4, 0.5) is 0 Å². The van der Waals surface area contributed by atoms with E-state index in [1.807, 2.05) is 12.1 Å². The predicted molar refractivity (Wildman–Crippen MR) is 101 cm³/mol. The first-order chi connectivity index (χ1) is 12.3. The summed E-state index contributed by atoms with van der Waals surface area (Å²) in [6.45, 7) is 10.2. The molecular weight excluding hydrogens is 328 g/mol. The van der Waals surface area contributed by atoms with E-state index >= 15 is 0 Å². The number of rotatable bonds is 6. The third kappa shape index (κ3) is 5.31. The van der Waals surface area contributed by atoms with Gasteiger partial charge in [-0.15, -0.1) is 0 Å². The van der Waals surface area contributed by atoms with Gasteiger partial charge < -0.3 is 9.47 Å². The summed E-state index contributed by atoms with van der Waals surface area (Å²) in [6, 6.07) is 14.2. The molecule has 4 heteroatoms. The Morgan fingerprint density at radius 2 is 1.38 bits per heavy atom. The van der Waals surface area contributed by atoms with Crippen LogP contribution in [0.1, 0.15) is 52.6 Å². The highest BCUT2D eigenvalue weighted by Gasteiger charge is 2.15. The molecule has 0 aliphatic rings. The van der Waals surface area contributed by atoms with E-state index in [4.69, 9.17) is 9.47 Å². The molecule has 0 saturated carbocycles. The van der Waals surface area contributed by atoms with E-state index < -0.39 is 5.97 Å². The Morgan fingerprint density at radius 1 is 0.885 bits per heavy atom. The van der Waals surface area contributed by atoms with Crippen molar-refractivity contribution in [2.24, 2.45) is 0 Å². The Kier molecular flexibility index (Phi) is 6.34. The third-order valence-corrected chi connectivity index (χ3v) is 3.88. The molecule has 0 aromatic heterocycles. The van der Waals surface area contributed by atoms with Crippen LogP contribution >= 0.6 is 0 Å². The number of esters is 2. The van der Waals surface area contributed by atoms with Gasteiger partial charge in [0.25, 0.3) is 0 Å². The first kappa shape index (κ1) is 19.4. The van der Waals surface area contributed by atoms with Crippen LogP contribution in [0.5, 0.6) is 0 Å². The molecule has 2 rings (SSSR count). The molecule has 0 atom stereocenters. The summed E-state index contributed by atoms with van der Waals surface area (Å²) >= 11 is 0. The molecule has 0 aliphatic carbocycles. The van der Waals surface area contributed by atoms with Crippen molar-refractivity contribution in [1.82, 2.24) is 0 Å². The van der Waals surface area contributed by atoms with E-state index in [0.29, 0.717) is 11.1 Å². The highest BCUT2D eigenvalue weighted by Crippen LogP contribution is 2.22. The van der Waals surface area contributed by atoms with Crippen LogP contribution in [0.15, 0.2) is 61.2 Å². The van der Waals surface area contributed by atoms with Crippen molar-refractivity contribution in [3.63, 3.8) is 0 Å². The van der Waals surface area contributed by atoms with Crippen LogP contribution in [0, 0.1) is 0 Å². The smallest absolute Gasteiger partial charge is 0.338 e. The minimum absolute atomic E-state index is 0.0387. The van der Waals surface area contributed by atoms with Gasteiger partial charge in [0.2, 0.25) is 0 Å². The molecule has 0 aliphatic heterocycles. The molecule has 0 saturated heterocycles. The number of benzene rings is 2. The van der Waals surface area contributed by atoms with Crippen molar-refractivity contribution in [1.29, 1.82) is 0 Å². The maximum Gasteiger partial charge on any atom is 0.338 e. The van der Waals surface area contributed by atoms with E-state index in [1.54, 1.807) is 36.4 Å². The summed E-state index contributed by atoms with van der Waals surface area (Å²) in [6.07, 6.45) is 1.51. The summed E-state index contributed by atoms with van der Waals surface area (Å²) in [5, 5.41) is 0. The van der Waals surface area contributed by atoms with Gasteiger partial charge in [0, 0.05) is 0 Å². The van der Waals surface area contributed by atoms with Crippen LogP contribution in [0.2, 0.25) is 0 Å². The van der Waals surface area contributed by atoms with Crippen LogP contribution in [0.3, 0.4) is 0 Å². The largest absolute Gasteiger partial charge is 0.458 e. The van der Waals surface area contributed by atoms with E-state index in [2.05, 4.69) is 27.4 Å². The van der Waals surface area contributed by atoms with Crippen LogP contribution in [-0.4, -0.2) is 18.5 Å². The minimum atomic E-state index is -0.410. The Bertz CT molecular complexity index is 765. The number of ether oxygens (including phenoxy) is 2. The fraction of sp³-hybridized carbons (Fsp3) is 0.273. The molecule has 2 aromatic carbocycles. The summed E-state index contributed by atoms with van der Waals surface area (Å²) < 4.78 is 10.3. The lowest BCUT2D eigenvalue weighted by Crippen LogP contribution is -2.12. The molecule has 0 heterocycles. The zero-order chi connectivity index (χ0) is 19.2. The second-order valence-corrected chi connectivity index (χ2v) is 6.99. The van der Waals surface area contributed by atoms with Crippen molar-refractivity contribution in [2.45, 2.75) is 32.8 Å². The first-order valence-electron chi connectivity index (χ1n) is 8.46. The minimum Gasteiger partial charge on any atom is -0.458 e. The van der Waals surface area contributed by atoms with Gasteiger partial charge >= 0.3 is 11.9 Å². The van der Waals surface area contributed by atoms with Gasteiger partial charge in [-0.3, -0.25) is 0 Å². The summed E-state index contributed by atoms with van der Waals surface area (Å²) in [7, 11) is 0. The molecule has 4 nitrogen and oxygen atoms in total. The quantitative estimate of drug-likeness (QED) is 0.559. The van der Waals surface area contributed by atoms with Gasteiger partial charge in [0.05, 0.1) is 11.1 Å². The SMILES string of the molecule is C=CCOC(=O)c1ccc(COC(=O)c2ccc(C(C)(C)C)cc2)cc1. The molecule has 0 radical (unpaired) electrons. The molecule has 0 N–H and O–H groups in total. The van der Waals surface area contributed by atoms with Crippen molar-refractivity contribution in [3.8, 4) is 0 Å². The van der Waals surface area contributed by atoms with E-state index in [1.165, 1.54) is 6.08 Å². The van der Waals surface area contributed by atoms with Crippen molar-refractivity contribution >= 4 is 11.9 Å². The summed E-state index contributed by atoms with van der Waals surface area (Å²) in [5.74, 6) is -0.785. The standard InChI is InChI=1S/C22H24O4/c1-5-14-25-20(23)17-8-6-16(7-9-17)15-26-21(24)18-10-12-19(13-11-18)22(2,3)4/h5-13H,1,14-15H2,2-4H3. The van der Waals surface area contributed by atoms with Gasteiger partial charge in [-0.05, 0) is 40.8 Å². The molecule has 26 heavy (non-hydrogen) atoms. The fourth-order valence-electron chi connectivity index (χ4n) is 2.29. The summed E-state index contributed by atoms with van der Waals surface area (Å²) in [4.78, 5) is 23.9. The van der Waals surface area contributed by atoms with Crippen molar-refractivity contribution in [3.05, 3.63) is 83.4 Å². The lowest BCUT2D eigenvalue weighted by Gasteiger charge is -2.18. The number of carbonyl (C=O) groups excluding carboxylic acids is 2. The van der Waals surface area contributed by atoms with Gasteiger partial charge in [-0.2, -0.15) is 0 Å². The average Bonchev–Trinajstić information content (AvgIpc) is 2.64. The lowest BCUT2D eigenvalue weighted by atomic mass is 9.87. The monoisotopic (exact) mass is 352 g/mol. The van der Waals surface area contributed by atoms with Gasteiger partial charge in [-0.1, -0.05) is 57.7 Å². The lowest BCUT2D eigenvalue weighted by molar-refractivity contribution is 0.0470. The predicted octanol–water partition coefficient (Wildman–Crippen LogP) is 4.68. The maximum absolute atomic E-state index is 12.2. The molecule has 136 valence electrons. The average molecular weight is 352 g/mol. The topological polar surface area (TPSA) is 52.6 Å². The third-order valence-electron chi connectivity index (χ3n) is 3.88. The van der Waals surface area contributed by atoms with Crippen LogP contribution in [-0.2, 0) is 21.5 Å². The molecular formula is C22H24O4. The number of carbonyl (C=O) groups is 2. The van der Waals surface area contributed by atoms with Gasteiger partial charge in [-0.25, -0.2) is 9.59 Å². The Morgan fingerprint density at radius 3 is 1.88 bits per heavy atom. The van der Waals surface area contributed by atoms with Gasteiger partial charge in [0.1, 0.15) is 13.2 Å². The number of hydrogen-bond acceptors (Lipinski definition) is 4. The second kappa shape index (κ2) is 8.48. The van der Waals surface area contributed by atoms with E-state index in [-0.39, 0.29) is 24.6 Å². The highest BCUT2D eigenvalue weighted by atomic mass is 16.5. The highest BCUT2D eigenvalue weighted by molar-refractivity contribution is 5.90. The Balaban J connectivity index is 1.92. The Labute approximate surface area is 154 Å². The van der Waals surface area contributed by atoms with Crippen molar-refractivity contribution in [2.75, 3.05) is 6.61 Å². The van der Waals surface area contributed by atoms with E-state index in [9.17, 15) is 9.59 Å². The fourth-order valence-corrected chi connectivity index (χ4v) is 2.29. The van der Waals surface area contributed by atoms with Crippen molar-refractivity contribution < 1.29 is 19.1 Å². The van der Waals surface area contributed by atoms with Crippen LogP contribution in [0.25, 0.3) is 0 Å². The van der Waals surface area contributed by atoms with E-state index in [0.717, 1.165) is 11.1 Å².